The Morgan fingerprint density at radius 3 is 2.71 bits per heavy atom. The summed E-state index contributed by atoms with van der Waals surface area (Å²) in [5.74, 6) is 0.187. The summed E-state index contributed by atoms with van der Waals surface area (Å²) in [6.07, 6.45) is 5.05. The van der Waals surface area contributed by atoms with E-state index in [1.807, 2.05) is 18.2 Å². The number of hydrogen-bond donors (Lipinski definition) is 2. The summed E-state index contributed by atoms with van der Waals surface area (Å²) in [4.78, 5) is 11.9. The highest BCUT2D eigenvalue weighted by Crippen LogP contribution is 2.42. The lowest BCUT2D eigenvalue weighted by Gasteiger charge is -2.31. The van der Waals surface area contributed by atoms with Crippen molar-refractivity contribution >= 4 is 5.97 Å². The van der Waals surface area contributed by atoms with Crippen LogP contribution in [-0.2, 0) is 11.2 Å². The van der Waals surface area contributed by atoms with E-state index in [0.29, 0.717) is 6.04 Å². The number of benzene rings is 1. The zero-order chi connectivity index (χ0) is 14.9. The van der Waals surface area contributed by atoms with Gasteiger partial charge >= 0.3 is 5.97 Å². The lowest BCUT2D eigenvalue weighted by Crippen LogP contribution is -2.59. The van der Waals surface area contributed by atoms with Crippen molar-refractivity contribution < 1.29 is 14.6 Å². The molecule has 0 aliphatic heterocycles. The minimum Gasteiger partial charge on any atom is -0.491 e. The molecule has 4 heteroatoms. The van der Waals surface area contributed by atoms with E-state index in [0.717, 1.165) is 37.9 Å². The van der Waals surface area contributed by atoms with Crippen LogP contribution >= 0.6 is 0 Å². The van der Waals surface area contributed by atoms with Gasteiger partial charge in [0.2, 0.25) is 0 Å². The monoisotopic (exact) mass is 289 g/mol. The summed E-state index contributed by atoms with van der Waals surface area (Å²) in [5, 5.41) is 13.1. The van der Waals surface area contributed by atoms with E-state index < -0.39 is 11.5 Å². The van der Waals surface area contributed by atoms with Crippen LogP contribution in [0.25, 0.3) is 0 Å². The molecule has 114 valence electrons. The van der Waals surface area contributed by atoms with E-state index in [-0.39, 0.29) is 12.5 Å². The van der Waals surface area contributed by atoms with Crippen molar-refractivity contribution in [1.29, 1.82) is 0 Å². The van der Waals surface area contributed by atoms with Crippen molar-refractivity contribution in [2.24, 2.45) is 5.92 Å². The summed E-state index contributed by atoms with van der Waals surface area (Å²) in [6.45, 7) is 2.30. The van der Waals surface area contributed by atoms with Gasteiger partial charge in [0.05, 0.1) is 0 Å². The highest BCUT2D eigenvalue weighted by Gasteiger charge is 2.54. The van der Waals surface area contributed by atoms with Crippen molar-refractivity contribution in [3.63, 3.8) is 0 Å². The van der Waals surface area contributed by atoms with Gasteiger partial charge in [-0.15, -0.1) is 0 Å². The number of ether oxygens (including phenoxy) is 1. The zero-order valence-electron chi connectivity index (χ0n) is 12.5. The van der Waals surface area contributed by atoms with Crippen LogP contribution in [0.2, 0.25) is 0 Å². The smallest absolute Gasteiger partial charge is 0.327 e. The molecule has 1 unspecified atom stereocenters. The first-order valence-electron chi connectivity index (χ1n) is 7.87. The maximum absolute atomic E-state index is 11.9. The van der Waals surface area contributed by atoms with Crippen molar-refractivity contribution in [2.75, 3.05) is 6.61 Å². The second kappa shape index (κ2) is 5.68. The summed E-state index contributed by atoms with van der Waals surface area (Å²) in [5.41, 5.74) is 0.290. The second-order valence-corrected chi connectivity index (χ2v) is 6.26. The van der Waals surface area contributed by atoms with Crippen LogP contribution in [0.5, 0.6) is 5.75 Å². The van der Waals surface area contributed by atoms with Crippen LogP contribution in [0.15, 0.2) is 24.3 Å². The molecule has 0 spiro atoms. The van der Waals surface area contributed by atoms with Gasteiger partial charge < -0.3 is 9.84 Å². The Balaban J connectivity index is 1.72. The average Bonchev–Trinajstić information content (AvgIpc) is 3.36. The molecule has 1 atom stereocenters. The first-order valence-corrected chi connectivity index (χ1v) is 7.87. The molecule has 21 heavy (non-hydrogen) atoms. The van der Waals surface area contributed by atoms with E-state index in [4.69, 9.17) is 4.74 Å². The number of carboxylic acids is 1. The predicted molar refractivity (Wildman–Crippen MR) is 80.6 cm³/mol. The van der Waals surface area contributed by atoms with E-state index in [2.05, 4.69) is 18.3 Å². The average molecular weight is 289 g/mol. The fourth-order valence-electron chi connectivity index (χ4n) is 2.80. The molecule has 0 bridgehead atoms. The summed E-state index contributed by atoms with van der Waals surface area (Å²) >= 11 is 0. The van der Waals surface area contributed by atoms with Crippen molar-refractivity contribution in [3.8, 4) is 5.75 Å². The normalized spacial score (nSPS) is 20.8. The van der Waals surface area contributed by atoms with Gasteiger partial charge in [0.25, 0.3) is 0 Å². The van der Waals surface area contributed by atoms with Crippen LogP contribution < -0.4 is 10.1 Å². The van der Waals surface area contributed by atoms with E-state index in [9.17, 15) is 9.90 Å². The number of nitrogens with one attached hydrogen (secondary N) is 1. The summed E-state index contributed by atoms with van der Waals surface area (Å²) < 4.78 is 5.86. The molecule has 2 N–H and O–H groups in total. The van der Waals surface area contributed by atoms with E-state index in [1.54, 1.807) is 0 Å². The van der Waals surface area contributed by atoms with Gasteiger partial charge in [-0.3, -0.25) is 10.1 Å². The SMILES string of the molecule is CCc1cccc(OCC(NC2CC2)(C(=O)O)C2CC2)c1. The molecule has 3 rings (SSSR count). The number of hydrogen-bond acceptors (Lipinski definition) is 3. The molecule has 1 aromatic rings. The van der Waals surface area contributed by atoms with E-state index >= 15 is 0 Å². The maximum atomic E-state index is 11.9. The van der Waals surface area contributed by atoms with Crippen molar-refractivity contribution in [2.45, 2.75) is 50.6 Å². The van der Waals surface area contributed by atoms with Crippen LogP contribution in [0.4, 0.5) is 0 Å². The Morgan fingerprint density at radius 2 is 2.14 bits per heavy atom. The fraction of sp³-hybridized carbons (Fsp3) is 0.588. The molecule has 0 aromatic heterocycles. The summed E-state index contributed by atoms with van der Waals surface area (Å²) in [6, 6.07) is 8.27. The molecule has 2 aliphatic carbocycles. The molecule has 0 saturated heterocycles. The molecule has 2 fully saturated rings. The van der Waals surface area contributed by atoms with Gasteiger partial charge in [0.1, 0.15) is 12.4 Å². The minimum absolute atomic E-state index is 0.199. The first-order chi connectivity index (χ1) is 10.1. The molecule has 0 heterocycles. The van der Waals surface area contributed by atoms with Gasteiger partial charge in [0, 0.05) is 6.04 Å². The third-order valence-electron chi connectivity index (χ3n) is 4.47. The third-order valence-corrected chi connectivity index (χ3v) is 4.47. The first kappa shape index (κ1) is 14.4. The molecule has 4 nitrogen and oxygen atoms in total. The molecule has 0 radical (unpaired) electrons. The largest absolute Gasteiger partial charge is 0.491 e. The molecular weight excluding hydrogens is 266 g/mol. The molecule has 2 saturated carbocycles. The lowest BCUT2D eigenvalue weighted by atomic mass is 9.94. The topological polar surface area (TPSA) is 58.6 Å². The van der Waals surface area contributed by atoms with Gasteiger partial charge in [-0.05, 0) is 55.7 Å². The second-order valence-electron chi connectivity index (χ2n) is 6.26. The number of aryl methyl sites for hydroxylation is 1. The van der Waals surface area contributed by atoms with Gasteiger partial charge in [-0.1, -0.05) is 19.1 Å². The fourth-order valence-corrected chi connectivity index (χ4v) is 2.80. The van der Waals surface area contributed by atoms with Gasteiger partial charge in [-0.25, -0.2) is 0 Å². The molecule has 1 aromatic carbocycles. The van der Waals surface area contributed by atoms with Crippen LogP contribution in [-0.4, -0.2) is 29.3 Å². The number of aliphatic carboxylic acids is 1. The number of carboxylic acid groups (broad SMARTS) is 1. The van der Waals surface area contributed by atoms with Crippen LogP contribution in [0.3, 0.4) is 0 Å². The van der Waals surface area contributed by atoms with Gasteiger partial charge in [0.15, 0.2) is 5.54 Å². The Hall–Kier alpha value is -1.55. The highest BCUT2D eigenvalue weighted by atomic mass is 16.5. The van der Waals surface area contributed by atoms with Crippen molar-refractivity contribution in [3.05, 3.63) is 29.8 Å². The maximum Gasteiger partial charge on any atom is 0.327 e. The minimum atomic E-state index is -0.913. The quantitative estimate of drug-likeness (QED) is 0.772. The van der Waals surface area contributed by atoms with Crippen LogP contribution in [0, 0.1) is 5.92 Å². The van der Waals surface area contributed by atoms with Crippen molar-refractivity contribution in [1.82, 2.24) is 5.32 Å². The number of rotatable bonds is 8. The van der Waals surface area contributed by atoms with Crippen LogP contribution in [0.1, 0.15) is 38.2 Å². The predicted octanol–water partition coefficient (Wildman–Crippen LogP) is 2.61. The summed E-state index contributed by atoms with van der Waals surface area (Å²) in [7, 11) is 0. The van der Waals surface area contributed by atoms with E-state index in [1.165, 1.54) is 5.56 Å². The zero-order valence-corrected chi connectivity index (χ0v) is 12.5. The number of carbonyl (C=O) groups is 1. The molecule has 2 aliphatic rings. The van der Waals surface area contributed by atoms with Gasteiger partial charge in [-0.2, -0.15) is 0 Å². The molecule has 0 amide bonds. The molecular formula is C17H23NO3. The lowest BCUT2D eigenvalue weighted by molar-refractivity contribution is -0.147. The standard InChI is InChI=1S/C17H23NO3/c1-2-12-4-3-5-15(10-12)21-11-17(16(19)20,13-6-7-13)18-14-8-9-14/h3-5,10,13-14,18H,2,6-9,11H2,1H3,(H,19,20). The highest BCUT2D eigenvalue weighted by molar-refractivity contribution is 5.80. The Labute approximate surface area is 125 Å². The third kappa shape index (κ3) is 3.21. The Bertz CT molecular complexity index is 523. The Kier molecular flexibility index (Phi) is 3.89. The Morgan fingerprint density at radius 1 is 1.38 bits per heavy atom.